The number of ether oxygens (including phenoxy) is 1. The molecular weight excluding hydrogens is 222 g/mol. The highest BCUT2D eigenvalue weighted by atomic mass is 16.5. The topological polar surface area (TPSA) is 75.6 Å². The van der Waals surface area contributed by atoms with Gasteiger partial charge in [0.15, 0.2) is 6.10 Å². The first-order valence-corrected chi connectivity index (χ1v) is 5.09. The zero-order valence-electron chi connectivity index (χ0n) is 9.14. The number of carbonyl (C=O) groups is 2. The molecule has 5 nitrogen and oxygen atoms in total. The lowest BCUT2D eigenvalue weighted by atomic mass is 10.1. The summed E-state index contributed by atoms with van der Waals surface area (Å²) in [5, 5.41) is 11.2. The summed E-state index contributed by atoms with van der Waals surface area (Å²) in [6.07, 6.45) is 1.98. The SMILES string of the molecule is CC1Oc2ccc(/C=C/C(=O)O)cc2NC1=O. The Morgan fingerprint density at radius 3 is 3.00 bits per heavy atom. The summed E-state index contributed by atoms with van der Waals surface area (Å²) >= 11 is 0. The minimum Gasteiger partial charge on any atom is -0.479 e. The summed E-state index contributed by atoms with van der Waals surface area (Å²) in [6, 6.07) is 5.09. The van der Waals surface area contributed by atoms with Crippen molar-refractivity contribution in [3.05, 3.63) is 29.8 Å². The Balaban J connectivity index is 2.28. The second kappa shape index (κ2) is 4.29. The third-order valence-corrected chi connectivity index (χ3v) is 2.35. The van der Waals surface area contributed by atoms with Crippen molar-refractivity contribution >= 4 is 23.6 Å². The summed E-state index contributed by atoms with van der Waals surface area (Å²) in [4.78, 5) is 21.8. The standard InChI is InChI=1S/C12H11NO4/c1-7-12(16)13-9-6-8(3-5-11(14)15)2-4-10(9)17-7/h2-7H,1H3,(H,13,16)(H,14,15)/b5-3+. The molecule has 88 valence electrons. The highest BCUT2D eigenvalue weighted by Crippen LogP contribution is 2.30. The predicted octanol–water partition coefficient (Wildman–Crippen LogP) is 1.50. The van der Waals surface area contributed by atoms with Gasteiger partial charge in [0.1, 0.15) is 5.75 Å². The molecule has 0 aromatic heterocycles. The van der Waals surface area contributed by atoms with Crippen LogP contribution >= 0.6 is 0 Å². The molecule has 1 unspecified atom stereocenters. The van der Waals surface area contributed by atoms with E-state index >= 15 is 0 Å². The van der Waals surface area contributed by atoms with Crippen molar-refractivity contribution < 1.29 is 19.4 Å². The number of fused-ring (bicyclic) bond motifs is 1. The number of benzene rings is 1. The molecule has 0 fully saturated rings. The van der Waals surface area contributed by atoms with Gasteiger partial charge in [-0.05, 0) is 30.7 Å². The number of rotatable bonds is 2. The van der Waals surface area contributed by atoms with Gasteiger partial charge in [0.25, 0.3) is 5.91 Å². The summed E-state index contributed by atoms with van der Waals surface area (Å²) in [7, 11) is 0. The number of carboxylic acids is 1. The Hall–Kier alpha value is -2.30. The number of amides is 1. The quantitative estimate of drug-likeness (QED) is 0.759. The Kier molecular flexibility index (Phi) is 2.82. The van der Waals surface area contributed by atoms with E-state index in [1.165, 1.54) is 6.08 Å². The molecule has 0 spiro atoms. The Bertz CT molecular complexity index is 507. The zero-order chi connectivity index (χ0) is 12.4. The van der Waals surface area contributed by atoms with E-state index in [0.29, 0.717) is 17.0 Å². The fourth-order valence-electron chi connectivity index (χ4n) is 1.50. The van der Waals surface area contributed by atoms with E-state index < -0.39 is 12.1 Å². The van der Waals surface area contributed by atoms with Crippen LogP contribution in [0.3, 0.4) is 0 Å². The lowest BCUT2D eigenvalue weighted by Gasteiger charge is -2.23. The minimum absolute atomic E-state index is 0.211. The van der Waals surface area contributed by atoms with Gasteiger partial charge in [-0.15, -0.1) is 0 Å². The van der Waals surface area contributed by atoms with E-state index in [9.17, 15) is 9.59 Å². The molecule has 1 aliphatic heterocycles. The van der Waals surface area contributed by atoms with Crippen LogP contribution in [-0.4, -0.2) is 23.1 Å². The predicted molar refractivity (Wildman–Crippen MR) is 61.8 cm³/mol. The molecule has 17 heavy (non-hydrogen) atoms. The second-order valence-corrected chi connectivity index (χ2v) is 3.68. The van der Waals surface area contributed by atoms with E-state index in [1.54, 1.807) is 25.1 Å². The monoisotopic (exact) mass is 233 g/mol. The number of carboxylic acid groups (broad SMARTS) is 1. The van der Waals surface area contributed by atoms with Gasteiger partial charge in [-0.2, -0.15) is 0 Å². The first kappa shape index (κ1) is 11.2. The van der Waals surface area contributed by atoms with Gasteiger partial charge < -0.3 is 15.2 Å². The highest BCUT2D eigenvalue weighted by molar-refractivity contribution is 5.98. The maximum atomic E-state index is 11.4. The molecule has 1 aromatic rings. The van der Waals surface area contributed by atoms with Crippen LogP contribution in [0, 0.1) is 0 Å². The van der Waals surface area contributed by atoms with Crippen LogP contribution < -0.4 is 10.1 Å². The van der Waals surface area contributed by atoms with E-state index in [4.69, 9.17) is 9.84 Å². The molecule has 0 aliphatic carbocycles. The molecule has 0 saturated carbocycles. The van der Waals surface area contributed by atoms with Crippen molar-refractivity contribution in [1.29, 1.82) is 0 Å². The maximum absolute atomic E-state index is 11.4. The average molecular weight is 233 g/mol. The fourth-order valence-corrected chi connectivity index (χ4v) is 1.50. The smallest absolute Gasteiger partial charge is 0.328 e. The molecule has 1 aliphatic rings. The molecule has 2 rings (SSSR count). The molecule has 1 aromatic carbocycles. The molecule has 2 N–H and O–H groups in total. The average Bonchev–Trinajstić information content (AvgIpc) is 2.28. The van der Waals surface area contributed by atoms with Crippen molar-refractivity contribution in [3.63, 3.8) is 0 Å². The normalized spacial score (nSPS) is 18.4. The molecule has 0 bridgehead atoms. The molecular formula is C12H11NO4. The molecule has 5 heteroatoms. The van der Waals surface area contributed by atoms with Crippen molar-refractivity contribution in [2.45, 2.75) is 13.0 Å². The van der Waals surface area contributed by atoms with Crippen LogP contribution in [0.15, 0.2) is 24.3 Å². The maximum Gasteiger partial charge on any atom is 0.328 e. The largest absolute Gasteiger partial charge is 0.479 e. The van der Waals surface area contributed by atoms with E-state index in [2.05, 4.69) is 5.32 Å². The van der Waals surface area contributed by atoms with Crippen molar-refractivity contribution in [2.24, 2.45) is 0 Å². The third-order valence-electron chi connectivity index (χ3n) is 2.35. The van der Waals surface area contributed by atoms with Crippen LogP contribution in [0.25, 0.3) is 6.08 Å². The van der Waals surface area contributed by atoms with Crippen molar-refractivity contribution in [3.8, 4) is 5.75 Å². The first-order chi connectivity index (χ1) is 8.06. The Morgan fingerprint density at radius 2 is 2.29 bits per heavy atom. The van der Waals surface area contributed by atoms with Crippen molar-refractivity contribution in [2.75, 3.05) is 5.32 Å². The van der Waals surface area contributed by atoms with Crippen LogP contribution in [0.4, 0.5) is 5.69 Å². The van der Waals surface area contributed by atoms with Crippen LogP contribution in [0.2, 0.25) is 0 Å². The number of nitrogens with one attached hydrogen (secondary N) is 1. The van der Waals surface area contributed by atoms with E-state index in [-0.39, 0.29) is 5.91 Å². The molecule has 1 heterocycles. The van der Waals surface area contributed by atoms with E-state index in [1.807, 2.05) is 0 Å². The zero-order valence-corrected chi connectivity index (χ0v) is 9.14. The second-order valence-electron chi connectivity index (χ2n) is 3.68. The number of hydrogen-bond donors (Lipinski definition) is 2. The highest BCUT2D eigenvalue weighted by Gasteiger charge is 2.23. The van der Waals surface area contributed by atoms with Gasteiger partial charge in [0.2, 0.25) is 0 Å². The summed E-state index contributed by atoms with van der Waals surface area (Å²) in [5.74, 6) is -0.641. The number of anilines is 1. The molecule has 1 amide bonds. The van der Waals surface area contributed by atoms with Gasteiger partial charge in [0, 0.05) is 6.08 Å². The van der Waals surface area contributed by atoms with Gasteiger partial charge in [0.05, 0.1) is 5.69 Å². The Labute approximate surface area is 97.7 Å². The lowest BCUT2D eigenvalue weighted by Crippen LogP contribution is -2.34. The number of aliphatic carboxylic acids is 1. The minimum atomic E-state index is -1.02. The third kappa shape index (κ3) is 2.44. The molecule has 0 saturated heterocycles. The van der Waals surface area contributed by atoms with Crippen LogP contribution in [0.1, 0.15) is 12.5 Å². The van der Waals surface area contributed by atoms with Gasteiger partial charge in [-0.25, -0.2) is 4.79 Å². The molecule has 1 atom stereocenters. The molecule has 0 radical (unpaired) electrons. The van der Waals surface area contributed by atoms with Crippen LogP contribution in [0.5, 0.6) is 5.75 Å². The summed E-state index contributed by atoms with van der Waals surface area (Å²) in [5.41, 5.74) is 1.24. The first-order valence-electron chi connectivity index (χ1n) is 5.09. The fraction of sp³-hybridized carbons (Fsp3) is 0.167. The number of hydrogen-bond acceptors (Lipinski definition) is 3. The van der Waals surface area contributed by atoms with Crippen LogP contribution in [-0.2, 0) is 9.59 Å². The lowest BCUT2D eigenvalue weighted by molar-refractivity contribution is -0.131. The van der Waals surface area contributed by atoms with E-state index in [0.717, 1.165) is 6.08 Å². The van der Waals surface area contributed by atoms with Gasteiger partial charge in [-0.1, -0.05) is 6.07 Å². The summed E-state index contributed by atoms with van der Waals surface area (Å²) in [6.45, 7) is 1.66. The summed E-state index contributed by atoms with van der Waals surface area (Å²) < 4.78 is 5.37. The number of carbonyl (C=O) groups excluding carboxylic acids is 1. The van der Waals surface area contributed by atoms with Gasteiger partial charge >= 0.3 is 5.97 Å². The van der Waals surface area contributed by atoms with Gasteiger partial charge in [-0.3, -0.25) is 4.79 Å². The Morgan fingerprint density at radius 1 is 1.53 bits per heavy atom. The van der Waals surface area contributed by atoms with Crippen molar-refractivity contribution in [1.82, 2.24) is 0 Å².